The van der Waals surface area contributed by atoms with Gasteiger partial charge < -0.3 is 10.5 Å². The van der Waals surface area contributed by atoms with E-state index >= 15 is 0 Å². The second-order valence-electron chi connectivity index (χ2n) is 3.32. The molecule has 1 rings (SSSR count). The van der Waals surface area contributed by atoms with E-state index in [2.05, 4.69) is 0 Å². The normalized spacial score (nSPS) is 19.7. The molecule has 0 aromatic rings. The minimum absolute atomic E-state index is 0.119. The van der Waals surface area contributed by atoms with Gasteiger partial charge in [0.15, 0.2) is 0 Å². The van der Waals surface area contributed by atoms with Gasteiger partial charge in [-0.15, -0.1) is 0 Å². The summed E-state index contributed by atoms with van der Waals surface area (Å²) in [6, 6.07) is 0. The molecule has 1 unspecified atom stereocenters. The number of nitrogens with two attached hydrogens (primary N) is 1. The molecule has 1 atom stereocenters. The van der Waals surface area contributed by atoms with Gasteiger partial charge in [0.25, 0.3) is 0 Å². The van der Waals surface area contributed by atoms with Gasteiger partial charge in [-0.3, -0.25) is 5.41 Å². The Morgan fingerprint density at radius 2 is 2.36 bits per heavy atom. The Balaban J connectivity index is 1.99. The third kappa shape index (κ3) is 3.98. The molecule has 1 saturated carbocycles. The van der Waals surface area contributed by atoms with Crippen LogP contribution in [0.25, 0.3) is 0 Å². The quantitative estimate of drug-likeness (QED) is 0.463. The Morgan fingerprint density at radius 1 is 1.73 bits per heavy atom. The molecule has 0 radical (unpaired) electrons. The lowest BCUT2D eigenvalue weighted by Crippen LogP contribution is -2.20. The molecule has 1 fully saturated rings. The zero-order valence-electron chi connectivity index (χ0n) is 6.97. The number of nitrogens with one attached hydrogen (secondary N) is 1. The maximum Gasteiger partial charge on any atom is 0.0931 e. The third-order valence-electron chi connectivity index (χ3n) is 1.82. The van der Waals surface area contributed by atoms with Crippen LogP contribution in [0.15, 0.2) is 0 Å². The Kier molecular flexibility index (Phi) is 2.88. The molecule has 0 saturated heterocycles. The Hall–Kier alpha value is -0.570. The van der Waals surface area contributed by atoms with Gasteiger partial charge in [0, 0.05) is 13.0 Å². The van der Waals surface area contributed by atoms with Crippen molar-refractivity contribution in [2.45, 2.75) is 32.3 Å². The van der Waals surface area contributed by atoms with E-state index in [-0.39, 0.29) is 11.9 Å². The summed E-state index contributed by atoms with van der Waals surface area (Å²) in [6.07, 6.45) is 3.31. The summed E-state index contributed by atoms with van der Waals surface area (Å²) in [5, 5.41) is 7.02. The first-order valence-electron chi connectivity index (χ1n) is 4.13. The van der Waals surface area contributed by atoms with Crippen LogP contribution in [0, 0.1) is 11.3 Å². The topological polar surface area (TPSA) is 59.1 Å². The minimum atomic E-state index is 0.119. The molecule has 64 valence electrons. The van der Waals surface area contributed by atoms with Crippen molar-refractivity contribution in [1.82, 2.24) is 0 Å². The maximum atomic E-state index is 7.02. The second kappa shape index (κ2) is 3.72. The Morgan fingerprint density at radius 3 is 2.82 bits per heavy atom. The lowest BCUT2D eigenvalue weighted by molar-refractivity contribution is 0.0629. The van der Waals surface area contributed by atoms with Crippen molar-refractivity contribution in [3.63, 3.8) is 0 Å². The summed E-state index contributed by atoms with van der Waals surface area (Å²) in [5.74, 6) is 1.01. The molecule has 0 aromatic carbocycles. The number of amidine groups is 1. The van der Waals surface area contributed by atoms with Gasteiger partial charge in [-0.2, -0.15) is 0 Å². The molecule has 0 aromatic heterocycles. The van der Waals surface area contributed by atoms with Gasteiger partial charge in [-0.1, -0.05) is 0 Å². The van der Waals surface area contributed by atoms with Crippen LogP contribution < -0.4 is 5.73 Å². The van der Waals surface area contributed by atoms with E-state index in [1.54, 1.807) is 0 Å². The van der Waals surface area contributed by atoms with Crippen LogP contribution in [0.4, 0.5) is 0 Å². The first-order valence-corrected chi connectivity index (χ1v) is 4.13. The van der Waals surface area contributed by atoms with Crippen LogP contribution in [0.2, 0.25) is 0 Å². The van der Waals surface area contributed by atoms with Gasteiger partial charge in [0.05, 0.1) is 11.9 Å². The zero-order chi connectivity index (χ0) is 8.27. The molecule has 0 bridgehead atoms. The Bertz CT molecular complexity index is 143. The molecule has 0 spiro atoms. The highest BCUT2D eigenvalue weighted by molar-refractivity contribution is 5.77. The van der Waals surface area contributed by atoms with E-state index in [0.717, 1.165) is 12.5 Å². The van der Waals surface area contributed by atoms with E-state index in [0.29, 0.717) is 6.42 Å². The lowest BCUT2D eigenvalue weighted by atomic mass is 10.2. The van der Waals surface area contributed by atoms with Crippen molar-refractivity contribution in [2.75, 3.05) is 6.61 Å². The third-order valence-corrected chi connectivity index (χ3v) is 1.82. The summed E-state index contributed by atoms with van der Waals surface area (Å²) in [5.41, 5.74) is 5.22. The molecular formula is C8H16N2O. The number of ether oxygens (including phenoxy) is 1. The van der Waals surface area contributed by atoms with Crippen molar-refractivity contribution in [2.24, 2.45) is 11.7 Å². The first kappa shape index (κ1) is 8.53. The molecule has 3 nitrogen and oxygen atoms in total. The lowest BCUT2D eigenvalue weighted by Gasteiger charge is -2.10. The molecule has 1 aliphatic carbocycles. The minimum Gasteiger partial charge on any atom is -0.388 e. The van der Waals surface area contributed by atoms with Gasteiger partial charge in [0.2, 0.25) is 0 Å². The zero-order valence-corrected chi connectivity index (χ0v) is 6.97. The van der Waals surface area contributed by atoms with E-state index in [1.807, 2.05) is 6.92 Å². The van der Waals surface area contributed by atoms with E-state index in [9.17, 15) is 0 Å². The highest BCUT2D eigenvalue weighted by Crippen LogP contribution is 2.29. The first-order chi connectivity index (χ1) is 5.18. The van der Waals surface area contributed by atoms with E-state index < -0.39 is 0 Å². The predicted octanol–water partition coefficient (Wildman–Crippen LogP) is 1.13. The highest BCUT2D eigenvalue weighted by atomic mass is 16.5. The number of rotatable bonds is 5. The van der Waals surface area contributed by atoms with Crippen molar-refractivity contribution < 1.29 is 4.74 Å². The number of hydrogen-bond acceptors (Lipinski definition) is 2. The van der Waals surface area contributed by atoms with Crippen LogP contribution in [-0.2, 0) is 4.74 Å². The van der Waals surface area contributed by atoms with E-state index in [1.165, 1.54) is 12.8 Å². The largest absolute Gasteiger partial charge is 0.388 e. The maximum absolute atomic E-state index is 7.02. The molecule has 0 aliphatic heterocycles. The van der Waals surface area contributed by atoms with Crippen LogP contribution in [-0.4, -0.2) is 18.5 Å². The smallest absolute Gasteiger partial charge is 0.0931 e. The van der Waals surface area contributed by atoms with Crippen molar-refractivity contribution >= 4 is 5.84 Å². The molecular weight excluding hydrogens is 140 g/mol. The van der Waals surface area contributed by atoms with Crippen LogP contribution in [0.5, 0.6) is 0 Å². The summed E-state index contributed by atoms with van der Waals surface area (Å²) in [6.45, 7) is 2.82. The number of hydrogen-bond donors (Lipinski definition) is 2. The van der Waals surface area contributed by atoms with Crippen LogP contribution >= 0.6 is 0 Å². The van der Waals surface area contributed by atoms with E-state index in [4.69, 9.17) is 15.9 Å². The summed E-state index contributed by atoms with van der Waals surface area (Å²) in [7, 11) is 0. The fraction of sp³-hybridized carbons (Fsp3) is 0.875. The standard InChI is InChI=1S/C8H16N2O/c1-6(4-8(9)10)11-5-7-2-3-7/h6-7H,2-5H2,1H3,(H3,9,10). The summed E-state index contributed by atoms with van der Waals surface area (Å²) in [4.78, 5) is 0. The molecule has 0 amide bonds. The average molecular weight is 156 g/mol. The highest BCUT2D eigenvalue weighted by Gasteiger charge is 2.22. The molecule has 3 N–H and O–H groups in total. The summed E-state index contributed by atoms with van der Waals surface area (Å²) < 4.78 is 5.46. The average Bonchev–Trinajstić information content (AvgIpc) is 2.63. The molecule has 0 heterocycles. The molecule has 11 heavy (non-hydrogen) atoms. The second-order valence-corrected chi connectivity index (χ2v) is 3.32. The van der Waals surface area contributed by atoms with Gasteiger partial charge in [-0.25, -0.2) is 0 Å². The van der Waals surface area contributed by atoms with Crippen LogP contribution in [0.3, 0.4) is 0 Å². The van der Waals surface area contributed by atoms with Crippen molar-refractivity contribution in [3.05, 3.63) is 0 Å². The predicted molar refractivity (Wildman–Crippen MR) is 44.7 cm³/mol. The SMILES string of the molecule is CC(CC(=N)N)OCC1CC1. The molecule has 1 aliphatic rings. The van der Waals surface area contributed by atoms with Gasteiger partial charge in [0.1, 0.15) is 0 Å². The van der Waals surface area contributed by atoms with Crippen molar-refractivity contribution in [3.8, 4) is 0 Å². The van der Waals surface area contributed by atoms with Crippen molar-refractivity contribution in [1.29, 1.82) is 5.41 Å². The van der Waals surface area contributed by atoms with Crippen LogP contribution in [0.1, 0.15) is 26.2 Å². The summed E-state index contributed by atoms with van der Waals surface area (Å²) >= 11 is 0. The Labute approximate surface area is 67.4 Å². The van der Waals surface area contributed by atoms with Gasteiger partial charge >= 0.3 is 0 Å². The molecule has 3 heteroatoms. The monoisotopic (exact) mass is 156 g/mol. The fourth-order valence-corrected chi connectivity index (χ4v) is 0.953. The van der Waals surface area contributed by atoms with Gasteiger partial charge in [-0.05, 0) is 25.7 Å². The fourth-order valence-electron chi connectivity index (χ4n) is 0.953.